The molecule has 1 fully saturated rings. The van der Waals surface area contributed by atoms with Gasteiger partial charge in [0.2, 0.25) is 11.8 Å². The number of aliphatic hydroxyl groups is 1. The van der Waals surface area contributed by atoms with Crippen molar-refractivity contribution in [1.82, 2.24) is 10.2 Å². The van der Waals surface area contributed by atoms with Gasteiger partial charge < -0.3 is 15.3 Å². The lowest BCUT2D eigenvalue weighted by Gasteiger charge is -2.16. The largest absolute Gasteiger partial charge is 0.396 e. The fraction of sp³-hybridized carbons (Fsp3) is 0.467. The number of rotatable bonds is 4. The van der Waals surface area contributed by atoms with Crippen LogP contribution in [0.4, 0.5) is 0 Å². The quantitative estimate of drug-likeness (QED) is 0.860. The van der Waals surface area contributed by atoms with E-state index in [1.54, 1.807) is 24.1 Å². The molecule has 1 aliphatic heterocycles. The van der Waals surface area contributed by atoms with Crippen LogP contribution in [0.2, 0.25) is 5.02 Å². The smallest absolute Gasteiger partial charge is 0.227 e. The van der Waals surface area contributed by atoms with E-state index in [0.717, 1.165) is 5.56 Å². The Morgan fingerprint density at radius 3 is 2.57 bits per heavy atom. The van der Waals surface area contributed by atoms with Gasteiger partial charge in [0.25, 0.3) is 0 Å². The van der Waals surface area contributed by atoms with Crippen LogP contribution in [0.5, 0.6) is 0 Å². The second kappa shape index (κ2) is 6.91. The van der Waals surface area contributed by atoms with E-state index in [0.29, 0.717) is 18.1 Å². The Balaban J connectivity index is 2.00. The fourth-order valence-corrected chi connectivity index (χ4v) is 2.76. The molecule has 1 aromatic rings. The molecule has 1 aromatic carbocycles. The van der Waals surface area contributed by atoms with Gasteiger partial charge >= 0.3 is 0 Å². The Morgan fingerprint density at radius 2 is 2.00 bits per heavy atom. The first kappa shape index (κ1) is 15.8. The number of halogens is 1. The lowest BCUT2D eigenvalue weighted by molar-refractivity contribution is -0.130. The van der Waals surface area contributed by atoms with Crippen molar-refractivity contribution in [2.45, 2.75) is 6.42 Å². The molecule has 2 N–H and O–H groups in total. The molecule has 2 amide bonds. The molecule has 0 radical (unpaired) electrons. The summed E-state index contributed by atoms with van der Waals surface area (Å²) in [6.45, 7) is 0.682. The Kier molecular flexibility index (Phi) is 5.20. The number of carbonyl (C=O) groups excluding carboxylic acids is 2. The molecule has 2 rings (SSSR count). The summed E-state index contributed by atoms with van der Waals surface area (Å²) in [5.41, 5.74) is 0.883. The van der Waals surface area contributed by atoms with Crippen LogP contribution in [0.15, 0.2) is 24.3 Å². The van der Waals surface area contributed by atoms with E-state index in [1.165, 1.54) is 0 Å². The van der Waals surface area contributed by atoms with Crippen molar-refractivity contribution in [2.75, 3.05) is 26.7 Å². The zero-order chi connectivity index (χ0) is 15.4. The number of amides is 2. The number of hydrogen-bond donors (Lipinski definition) is 2. The second-order valence-electron chi connectivity index (χ2n) is 5.27. The maximum Gasteiger partial charge on any atom is 0.227 e. The maximum atomic E-state index is 12.3. The van der Waals surface area contributed by atoms with Crippen molar-refractivity contribution >= 4 is 23.4 Å². The van der Waals surface area contributed by atoms with Crippen LogP contribution in [0, 0.1) is 11.8 Å². The van der Waals surface area contributed by atoms with Crippen LogP contribution < -0.4 is 5.32 Å². The van der Waals surface area contributed by atoms with Gasteiger partial charge in [0.15, 0.2) is 0 Å². The molecule has 114 valence electrons. The zero-order valence-corrected chi connectivity index (χ0v) is 12.6. The first-order valence-corrected chi connectivity index (χ1v) is 7.27. The molecule has 0 bridgehead atoms. The number of likely N-dealkylation sites (tertiary alicyclic amines) is 1. The first-order chi connectivity index (χ1) is 10.0. The molecule has 0 aliphatic carbocycles. The van der Waals surface area contributed by atoms with Gasteiger partial charge in [-0.3, -0.25) is 9.59 Å². The van der Waals surface area contributed by atoms with Crippen LogP contribution in [-0.4, -0.2) is 48.6 Å². The fourth-order valence-electron chi connectivity index (χ4n) is 2.63. The third kappa shape index (κ3) is 3.74. The van der Waals surface area contributed by atoms with E-state index < -0.39 is 0 Å². The molecular weight excluding hydrogens is 292 g/mol. The van der Waals surface area contributed by atoms with E-state index in [1.807, 2.05) is 12.1 Å². The molecule has 2 atom stereocenters. The standard InChI is InChI=1S/C15H19ClN2O3/c1-17-15(21)13-8-18(7-11(13)9-19)14(20)6-10-2-4-12(16)5-3-10/h2-5,11,13,19H,6-9H2,1H3,(H,17,21)/t11-,13+/m0/s1. The molecule has 1 saturated heterocycles. The van der Waals surface area contributed by atoms with E-state index in [-0.39, 0.29) is 36.7 Å². The minimum absolute atomic E-state index is 0.0397. The molecular formula is C15H19ClN2O3. The second-order valence-corrected chi connectivity index (χ2v) is 5.70. The SMILES string of the molecule is CNC(=O)[C@@H]1CN(C(=O)Cc2ccc(Cl)cc2)C[C@H]1CO. The first-order valence-electron chi connectivity index (χ1n) is 6.89. The average Bonchev–Trinajstić information content (AvgIpc) is 2.93. The van der Waals surface area contributed by atoms with Gasteiger partial charge in [0.05, 0.1) is 12.3 Å². The van der Waals surface area contributed by atoms with E-state index in [4.69, 9.17) is 11.6 Å². The molecule has 1 heterocycles. The summed E-state index contributed by atoms with van der Waals surface area (Å²) >= 11 is 5.82. The van der Waals surface area contributed by atoms with Gasteiger partial charge in [-0.1, -0.05) is 23.7 Å². The monoisotopic (exact) mass is 310 g/mol. The van der Waals surface area contributed by atoms with Crippen molar-refractivity contribution in [1.29, 1.82) is 0 Å². The summed E-state index contributed by atoms with van der Waals surface area (Å²) in [7, 11) is 1.56. The van der Waals surface area contributed by atoms with Crippen molar-refractivity contribution in [3.63, 3.8) is 0 Å². The summed E-state index contributed by atoms with van der Waals surface area (Å²) in [5.74, 6) is -0.702. The average molecular weight is 311 g/mol. The van der Waals surface area contributed by atoms with Crippen molar-refractivity contribution in [2.24, 2.45) is 11.8 Å². The zero-order valence-electron chi connectivity index (χ0n) is 11.9. The highest BCUT2D eigenvalue weighted by Gasteiger charge is 2.38. The van der Waals surface area contributed by atoms with Crippen molar-refractivity contribution in [3.8, 4) is 0 Å². The van der Waals surface area contributed by atoms with Gasteiger partial charge in [0.1, 0.15) is 0 Å². The van der Waals surface area contributed by atoms with E-state index in [9.17, 15) is 14.7 Å². The van der Waals surface area contributed by atoms with Crippen LogP contribution >= 0.6 is 11.6 Å². The third-order valence-electron chi connectivity index (χ3n) is 3.88. The summed E-state index contributed by atoms with van der Waals surface area (Å²) < 4.78 is 0. The number of nitrogens with one attached hydrogen (secondary N) is 1. The number of nitrogens with zero attached hydrogens (tertiary/aromatic N) is 1. The number of carbonyl (C=O) groups is 2. The van der Waals surface area contributed by atoms with Crippen LogP contribution in [0.25, 0.3) is 0 Å². The Hall–Kier alpha value is -1.59. The van der Waals surface area contributed by atoms with Gasteiger partial charge in [-0.05, 0) is 17.7 Å². The van der Waals surface area contributed by atoms with Crippen molar-refractivity contribution in [3.05, 3.63) is 34.9 Å². The highest BCUT2D eigenvalue weighted by atomic mass is 35.5. The number of benzene rings is 1. The molecule has 0 unspecified atom stereocenters. The predicted octanol–water partition coefficient (Wildman–Crippen LogP) is 0.695. The predicted molar refractivity (Wildman–Crippen MR) is 79.9 cm³/mol. The van der Waals surface area contributed by atoms with Gasteiger partial charge in [-0.15, -0.1) is 0 Å². The number of hydrogen-bond acceptors (Lipinski definition) is 3. The molecule has 6 heteroatoms. The van der Waals surface area contributed by atoms with Crippen molar-refractivity contribution < 1.29 is 14.7 Å². The molecule has 0 aromatic heterocycles. The van der Waals surface area contributed by atoms with Crippen LogP contribution in [-0.2, 0) is 16.0 Å². The topological polar surface area (TPSA) is 69.6 Å². The molecule has 0 saturated carbocycles. The third-order valence-corrected chi connectivity index (χ3v) is 4.13. The molecule has 0 spiro atoms. The Morgan fingerprint density at radius 1 is 1.33 bits per heavy atom. The van der Waals surface area contributed by atoms with Gasteiger partial charge in [0, 0.05) is 37.7 Å². The molecule has 1 aliphatic rings. The van der Waals surface area contributed by atoms with E-state index >= 15 is 0 Å². The highest BCUT2D eigenvalue weighted by molar-refractivity contribution is 6.30. The summed E-state index contributed by atoms with van der Waals surface area (Å²) in [4.78, 5) is 25.7. The lowest BCUT2D eigenvalue weighted by Crippen LogP contribution is -2.34. The van der Waals surface area contributed by atoms with Gasteiger partial charge in [-0.25, -0.2) is 0 Å². The minimum Gasteiger partial charge on any atom is -0.396 e. The molecule has 5 nitrogen and oxygen atoms in total. The Labute approximate surface area is 128 Å². The maximum absolute atomic E-state index is 12.3. The van der Waals surface area contributed by atoms with Crippen LogP contribution in [0.3, 0.4) is 0 Å². The lowest BCUT2D eigenvalue weighted by atomic mass is 9.96. The van der Waals surface area contributed by atoms with Crippen LogP contribution in [0.1, 0.15) is 5.56 Å². The van der Waals surface area contributed by atoms with E-state index in [2.05, 4.69) is 5.32 Å². The summed E-state index contributed by atoms with van der Waals surface area (Å²) in [6, 6.07) is 7.13. The Bertz CT molecular complexity index is 518. The summed E-state index contributed by atoms with van der Waals surface area (Å²) in [6.07, 6.45) is 0.274. The summed E-state index contributed by atoms with van der Waals surface area (Å²) in [5, 5.41) is 12.6. The highest BCUT2D eigenvalue weighted by Crippen LogP contribution is 2.24. The normalized spacial score (nSPS) is 21.4. The number of aliphatic hydroxyl groups excluding tert-OH is 1. The molecule has 21 heavy (non-hydrogen) atoms. The van der Waals surface area contributed by atoms with Gasteiger partial charge in [-0.2, -0.15) is 0 Å². The minimum atomic E-state index is -0.339.